The van der Waals surface area contributed by atoms with Crippen LogP contribution in [0.4, 0.5) is 0 Å². The molecule has 0 radical (unpaired) electrons. The Labute approximate surface area is 208 Å². The van der Waals surface area contributed by atoms with Crippen molar-refractivity contribution < 1.29 is 9.53 Å². The van der Waals surface area contributed by atoms with Crippen molar-refractivity contribution in [1.29, 1.82) is 0 Å². The molecule has 2 saturated carbocycles. The summed E-state index contributed by atoms with van der Waals surface area (Å²) >= 11 is 18.7. The summed E-state index contributed by atoms with van der Waals surface area (Å²) in [6.45, 7) is 8.59. The summed E-state index contributed by atoms with van der Waals surface area (Å²) in [5.74, 6) is 0.219. The Morgan fingerprint density at radius 3 is 2.33 bits per heavy atom. The number of carbonyl (C=O) groups is 1. The lowest BCUT2D eigenvalue weighted by Gasteiger charge is -2.34. The number of nitrogens with zero attached hydrogens (tertiary/aromatic N) is 2. The van der Waals surface area contributed by atoms with E-state index in [0.717, 1.165) is 23.2 Å². The highest BCUT2D eigenvalue weighted by Crippen LogP contribution is 2.72. The van der Waals surface area contributed by atoms with Crippen LogP contribution in [0.3, 0.4) is 0 Å². The molecule has 2 aliphatic rings. The number of fused-ring (bicyclic) bond motifs is 1. The highest BCUT2D eigenvalue weighted by molar-refractivity contribution is 6.35. The van der Waals surface area contributed by atoms with E-state index in [-0.39, 0.29) is 22.6 Å². The first-order chi connectivity index (χ1) is 15.5. The number of aromatic nitrogens is 2. The third-order valence-corrected chi connectivity index (χ3v) is 8.80. The van der Waals surface area contributed by atoms with Gasteiger partial charge >= 0.3 is 5.97 Å². The first-order valence-electron chi connectivity index (χ1n) is 11.0. The van der Waals surface area contributed by atoms with Crippen LogP contribution in [0.5, 0.6) is 0 Å². The molecule has 1 aromatic heterocycles. The van der Waals surface area contributed by atoms with Crippen LogP contribution >= 0.6 is 34.8 Å². The summed E-state index contributed by atoms with van der Waals surface area (Å²) in [5.41, 5.74) is 3.43. The van der Waals surface area contributed by atoms with Crippen molar-refractivity contribution in [3.8, 4) is 16.9 Å². The van der Waals surface area contributed by atoms with Crippen LogP contribution in [0.2, 0.25) is 15.1 Å². The Morgan fingerprint density at radius 1 is 1.06 bits per heavy atom. The van der Waals surface area contributed by atoms with Gasteiger partial charge in [-0.05, 0) is 61.4 Å². The van der Waals surface area contributed by atoms with Crippen LogP contribution in [0.15, 0.2) is 42.5 Å². The SMILES string of the molecule is Cc1c(C(=O)OC2CC3CC3(C)C2(C)C)nn(-c2ccc(Cl)cc2Cl)c1-c1ccc(Cl)cc1. The Bertz CT molecular complexity index is 1270. The molecule has 0 N–H and O–H groups in total. The van der Waals surface area contributed by atoms with Crippen molar-refractivity contribution in [2.75, 3.05) is 0 Å². The number of esters is 1. The minimum atomic E-state index is -0.408. The monoisotopic (exact) mass is 502 g/mol. The maximum Gasteiger partial charge on any atom is 0.359 e. The zero-order chi connectivity index (χ0) is 23.7. The van der Waals surface area contributed by atoms with Crippen LogP contribution in [-0.2, 0) is 4.74 Å². The number of hydrogen-bond acceptors (Lipinski definition) is 3. The summed E-state index contributed by atoms with van der Waals surface area (Å²) in [6, 6.07) is 12.6. The Kier molecular flexibility index (Phi) is 5.35. The molecular formula is C26H25Cl3N2O2. The van der Waals surface area contributed by atoms with E-state index >= 15 is 0 Å². The maximum atomic E-state index is 13.4. The second-order valence-electron chi connectivity index (χ2n) is 10.0. The summed E-state index contributed by atoms with van der Waals surface area (Å²) in [4.78, 5) is 13.4. The van der Waals surface area contributed by atoms with E-state index in [1.807, 2.05) is 31.2 Å². The van der Waals surface area contributed by atoms with Crippen molar-refractivity contribution in [3.63, 3.8) is 0 Å². The van der Waals surface area contributed by atoms with Crippen molar-refractivity contribution in [2.45, 2.75) is 46.6 Å². The molecule has 4 nitrogen and oxygen atoms in total. The lowest BCUT2D eigenvalue weighted by Crippen LogP contribution is -2.36. The summed E-state index contributed by atoms with van der Waals surface area (Å²) in [6.07, 6.45) is 1.98. The van der Waals surface area contributed by atoms with Crippen LogP contribution in [0.25, 0.3) is 16.9 Å². The zero-order valence-corrected chi connectivity index (χ0v) is 21.2. The molecule has 172 valence electrons. The third kappa shape index (κ3) is 3.58. The van der Waals surface area contributed by atoms with Gasteiger partial charge in [0.2, 0.25) is 0 Å². The first kappa shape index (κ1) is 22.8. The molecule has 3 unspecified atom stereocenters. The Balaban J connectivity index is 1.57. The van der Waals surface area contributed by atoms with Gasteiger partial charge in [-0.1, -0.05) is 67.7 Å². The summed E-state index contributed by atoms with van der Waals surface area (Å²) in [5, 5.41) is 6.27. The van der Waals surface area contributed by atoms with Crippen molar-refractivity contribution in [3.05, 3.63) is 68.8 Å². The van der Waals surface area contributed by atoms with Crippen LogP contribution < -0.4 is 0 Å². The lowest BCUT2D eigenvalue weighted by atomic mass is 9.76. The zero-order valence-electron chi connectivity index (χ0n) is 19.0. The smallest absolute Gasteiger partial charge is 0.359 e. The molecule has 0 amide bonds. The molecule has 2 fully saturated rings. The number of benzene rings is 2. The standard InChI is InChI=1S/C26H25Cl3N2O2/c1-14-22(24(32)33-21-11-16-13-26(16,4)25(21,2)3)30-31(20-10-9-18(28)12-19(20)29)23(14)15-5-7-17(27)8-6-15/h5-10,12,16,21H,11,13H2,1-4H3. The van der Waals surface area contributed by atoms with Gasteiger partial charge in [-0.25, -0.2) is 9.48 Å². The first-order valence-corrected chi connectivity index (χ1v) is 12.2. The van der Waals surface area contributed by atoms with E-state index in [9.17, 15) is 4.79 Å². The minimum Gasteiger partial charge on any atom is -0.457 e. The molecule has 7 heteroatoms. The predicted molar refractivity (Wildman–Crippen MR) is 133 cm³/mol. The van der Waals surface area contributed by atoms with Gasteiger partial charge in [-0.3, -0.25) is 0 Å². The second-order valence-corrected chi connectivity index (χ2v) is 11.3. The molecule has 0 saturated heterocycles. The Hall–Kier alpha value is -2.01. The molecule has 2 aromatic carbocycles. The fourth-order valence-corrected chi connectivity index (χ4v) is 5.97. The van der Waals surface area contributed by atoms with E-state index in [4.69, 9.17) is 39.5 Å². The lowest BCUT2D eigenvalue weighted by molar-refractivity contribution is -0.0156. The number of ether oxygens (including phenoxy) is 1. The fraction of sp³-hybridized carbons (Fsp3) is 0.385. The molecule has 0 bridgehead atoms. The minimum absolute atomic E-state index is 0.0672. The van der Waals surface area contributed by atoms with Crippen molar-refractivity contribution in [1.82, 2.24) is 9.78 Å². The molecular weight excluding hydrogens is 479 g/mol. The van der Waals surface area contributed by atoms with Gasteiger partial charge < -0.3 is 4.74 Å². The van der Waals surface area contributed by atoms with Crippen molar-refractivity contribution >= 4 is 40.8 Å². The summed E-state index contributed by atoms with van der Waals surface area (Å²) < 4.78 is 7.77. The van der Waals surface area contributed by atoms with E-state index in [1.54, 1.807) is 22.9 Å². The van der Waals surface area contributed by atoms with Gasteiger partial charge in [-0.15, -0.1) is 0 Å². The molecule has 33 heavy (non-hydrogen) atoms. The molecule has 0 spiro atoms. The second kappa shape index (κ2) is 7.76. The van der Waals surface area contributed by atoms with E-state index < -0.39 is 5.97 Å². The highest BCUT2D eigenvalue weighted by atomic mass is 35.5. The fourth-order valence-electron chi connectivity index (χ4n) is 5.35. The number of hydrogen-bond donors (Lipinski definition) is 0. The topological polar surface area (TPSA) is 44.1 Å². The van der Waals surface area contributed by atoms with Gasteiger partial charge in [0.25, 0.3) is 0 Å². The van der Waals surface area contributed by atoms with Crippen molar-refractivity contribution in [2.24, 2.45) is 16.7 Å². The highest BCUT2D eigenvalue weighted by Gasteiger charge is 2.68. The summed E-state index contributed by atoms with van der Waals surface area (Å²) in [7, 11) is 0. The molecule has 2 aliphatic carbocycles. The molecule has 3 aromatic rings. The number of rotatable bonds is 4. The van der Waals surface area contributed by atoms with E-state index in [0.29, 0.717) is 26.7 Å². The number of halogens is 3. The van der Waals surface area contributed by atoms with Gasteiger partial charge in [0.05, 0.1) is 16.4 Å². The quantitative estimate of drug-likeness (QED) is 0.341. The average molecular weight is 504 g/mol. The molecule has 0 aliphatic heterocycles. The van der Waals surface area contributed by atoms with Crippen LogP contribution in [-0.4, -0.2) is 21.9 Å². The van der Waals surface area contributed by atoms with Gasteiger partial charge in [0.1, 0.15) is 6.10 Å². The van der Waals surface area contributed by atoms with Crippen LogP contribution in [0.1, 0.15) is 49.7 Å². The normalized spacial score (nSPS) is 25.1. The molecule has 3 atom stereocenters. The van der Waals surface area contributed by atoms with Gasteiger partial charge in [-0.2, -0.15) is 5.10 Å². The third-order valence-electron chi connectivity index (χ3n) is 8.01. The number of carbonyl (C=O) groups excluding carboxylic acids is 1. The predicted octanol–water partition coefficient (Wildman–Crippen LogP) is 7.79. The van der Waals surface area contributed by atoms with Gasteiger partial charge in [0, 0.05) is 26.6 Å². The average Bonchev–Trinajstić information content (AvgIpc) is 3.23. The molecule has 1 heterocycles. The van der Waals surface area contributed by atoms with Gasteiger partial charge in [0.15, 0.2) is 5.69 Å². The van der Waals surface area contributed by atoms with E-state index in [1.165, 1.54) is 6.42 Å². The molecule has 5 rings (SSSR count). The van der Waals surface area contributed by atoms with E-state index in [2.05, 4.69) is 25.9 Å². The maximum absolute atomic E-state index is 13.4. The van der Waals surface area contributed by atoms with Crippen LogP contribution in [0, 0.1) is 23.7 Å². The largest absolute Gasteiger partial charge is 0.457 e. The Morgan fingerprint density at radius 2 is 1.73 bits per heavy atom.